The number of fused-ring (bicyclic) bond motifs is 1. The van der Waals surface area contributed by atoms with Gasteiger partial charge in [0.15, 0.2) is 0 Å². The summed E-state index contributed by atoms with van der Waals surface area (Å²) in [7, 11) is 0. The van der Waals surface area contributed by atoms with E-state index in [1.807, 2.05) is 30.3 Å². The molecule has 2 N–H and O–H groups in total. The van der Waals surface area contributed by atoms with Crippen LogP contribution in [0.25, 0.3) is 10.1 Å². The van der Waals surface area contributed by atoms with Gasteiger partial charge in [-0.1, -0.05) is 34.1 Å². The zero-order valence-corrected chi connectivity index (χ0v) is 15.6. The molecule has 4 nitrogen and oxygen atoms in total. The van der Waals surface area contributed by atoms with E-state index < -0.39 is 0 Å². The van der Waals surface area contributed by atoms with E-state index in [1.165, 1.54) is 17.6 Å². The van der Waals surface area contributed by atoms with Crippen LogP contribution in [0.4, 0.5) is 0 Å². The molecule has 0 saturated heterocycles. The molecule has 0 bridgehead atoms. The lowest BCUT2D eigenvalue weighted by Gasteiger charge is -2.02. The molecule has 0 fully saturated rings. The van der Waals surface area contributed by atoms with Gasteiger partial charge in [-0.3, -0.25) is 4.79 Å². The van der Waals surface area contributed by atoms with Crippen LogP contribution >= 0.6 is 43.2 Å². The molecular formula is C16H10Br2N2O2S. The molecule has 1 heterocycles. The van der Waals surface area contributed by atoms with Crippen LogP contribution in [0.5, 0.6) is 5.75 Å². The summed E-state index contributed by atoms with van der Waals surface area (Å²) in [4.78, 5) is 12.7. The van der Waals surface area contributed by atoms with Crippen LogP contribution in [-0.4, -0.2) is 17.2 Å². The van der Waals surface area contributed by atoms with Crippen molar-refractivity contribution in [2.75, 3.05) is 0 Å². The van der Waals surface area contributed by atoms with Gasteiger partial charge in [0.2, 0.25) is 0 Å². The molecule has 0 unspecified atom stereocenters. The van der Waals surface area contributed by atoms with Crippen LogP contribution in [0.3, 0.4) is 0 Å². The van der Waals surface area contributed by atoms with Crippen molar-refractivity contribution in [2.45, 2.75) is 0 Å². The Labute approximate surface area is 153 Å². The average Bonchev–Trinajstić information content (AvgIpc) is 2.96. The van der Waals surface area contributed by atoms with Gasteiger partial charge in [-0.2, -0.15) is 5.10 Å². The van der Waals surface area contributed by atoms with E-state index in [-0.39, 0.29) is 11.7 Å². The molecular weight excluding hydrogens is 444 g/mol. The van der Waals surface area contributed by atoms with E-state index in [9.17, 15) is 9.90 Å². The highest BCUT2D eigenvalue weighted by molar-refractivity contribution is 9.11. The molecule has 0 saturated carbocycles. The summed E-state index contributed by atoms with van der Waals surface area (Å²) < 4.78 is 2.39. The largest absolute Gasteiger partial charge is 0.506 e. The zero-order valence-electron chi connectivity index (χ0n) is 11.6. The molecule has 0 spiro atoms. The van der Waals surface area contributed by atoms with Gasteiger partial charge in [0.25, 0.3) is 5.91 Å². The Balaban J connectivity index is 1.76. The Morgan fingerprint density at radius 2 is 2.00 bits per heavy atom. The number of carbonyl (C=O) groups excluding carboxylic acids is 1. The summed E-state index contributed by atoms with van der Waals surface area (Å²) in [5.41, 5.74) is 2.96. The van der Waals surface area contributed by atoms with Crippen LogP contribution in [0.15, 0.2) is 56.5 Å². The quantitative estimate of drug-likeness (QED) is 0.437. The number of hydrogen-bond donors (Lipinski definition) is 2. The molecule has 7 heteroatoms. The number of rotatable bonds is 3. The van der Waals surface area contributed by atoms with E-state index in [2.05, 4.69) is 42.4 Å². The number of thiophene rings is 1. The van der Waals surface area contributed by atoms with E-state index in [1.54, 1.807) is 12.1 Å². The average molecular weight is 454 g/mol. The highest BCUT2D eigenvalue weighted by atomic mass is 79.9. The number of nitrogens with one attached hydrogen (secondary N) is 1. The first-order valence-corrected chi connectivity index (χ1v) is 8.95. The van der Waals surface area contributed by atoms with E-state index in [4.69, 9.17) is 0 Å². The standard InChI is InChI=1S/C16H10Br2N2O2S/c17-11-5-10(15(21)12(18)7-11)8-19-20-16(22)14-6-9-3-1-2-4-13(9)23-14/h1-8,21H,(H,20,22). The Kier molecular flexibility index (Phi) is 4.79. The number of aromatic hydroxyl groups is 1. The lowest BCUT2D eigenvalue weighted by atomic mass is 10.2. The third-order valence-corrected chi connectivity index (χ3v) is 5.25. The number of benzene rings is 2. The van der Waals surface area contributed by atoms with E-state index in [0.717, 1.165) is 14.6 Å². The first-order chi connectivity index (χ1) is 11.0. The lowest BCUT2D eigenvalue weighted by Crippen LogP contribution is -2.16. The maximum Gasteiger partial charge on any atom is 0.281 e. The number of hydrogen-bond acceptors (Lipinski definition) is 4. The predicted octanol–water partition coefficient (Wildman–Crippen LogP) is 4.90. The topological polar surface area (TPSA) is 61.7 Å². The van der Waals surface area contributed by atoms with Crippen molar-refractivity contribution in [3.63, 3.8) is 0 Å². The van der Waals surface area contributed by atoms with Gasteiger partial charge >= 0.3 is 0 Å². The summed E-state index contributed by atoms with van der Waals surface area (Å²) in [5.74, 6) is -0.218. The second kappa shape index (κ2) is 6.82. The van der Waals surface area contributed by atoms with Gasteiger partial charge in [0.05, 0.1) is 15.6 Å². The predicted molar refractivity (Wildman–Crippen MR) is 100 cm³/mol. The molecule has 2 aromatic carbocycles. The van der Waals surface area contributed by atoms with Crippen molar-refractivity contribution < 1.29 is 9.90 Å². The number of nitrogens with zero attached hydrogens (tertiary/aromatic N) is 1. The van der Waals surface area contributed by atoms with Crippen LogP contribution in [0.1, 0.15) is 15.2 Å². The highest BCUT2D eigenvalue weighted by Gasteiger charge is 2.09. The van der Waals surface area contributed by atoms with Gasteiger partial charge in [-0.05, 0) is 45.6 Å². The summed E-state index contributed by atoms with van der Waals surface area (Å²) in [6.45, 7) is 0. The molecule has 116 valence electrons. The fraction of sp³-hybridized carbons (Fsp3) is 0. The minimum Gasteiger partial charge on any atom is -0.506 e. The first-order valence-electron chi connectivity index (χ1n) is 6.54. The fourth-order valence-corrected chi connectivity index (χ4v) is 4.20. The van der Waals surface area contributed by atoms with Gasteiger partial charge in [0.1, 0.15) is 5.75 Å². The van der Waals surface area contributed by atoms with Crippen molar-refractivity contribution in [3.05, 3.63) is 61.9 Å². The lowest BCUT2D eigenvalue weighted by molar-refractivity contribution is 0.0959. The SMILES string of the molecule is O=C(NN=Cc1cc(Br)cc(Br)c1O)c1cc2ccccc2s1. The molecule has 0 aliphatic carbocycles. The second-order valence-electron chi connectivity index (χ2n) is 4.67. The summed E-state index contributed by atoms with van der Waals surface area (Å²) in [6, 6.07) is 13.1. The normalized spacial score (nSPS) is 11.2. The van der Waals surface area contributed by atoms with E-state index >= 15 is 0 Å². The molecule has 23 heavy (non-hydrogen) atoms. The number of phenolic OH excluding ortho intramolecular Hbond substituents is 1. The summed E-state index contributed by atoms with van der Waals surface area (Å²) in [6.07, 6.45) is 1.40. The van der Waals surface area contributed by atoms with Crippen LogP contribution < -0.4 is 5.43 Å². The molecule has 1 aromatic heterocycles. The Morgan fingerprint density at radius 3 is 2.78 bits per heavy atom. The minimum atomic E-state index is -0.281. The number of halogens is 2. The molecule has 0 radical (unpaired) electrons. The molecule has 3 aromatic rings. The molecule has 0 aliphatic heterocycles. The number of phenols is 1. The summed E-state index contributed by atoms with van der Waals surface area (Å²) in [5, 5.41) is 14.9. The maximum atomic E-state index is 12.1. The Hall–Kier alpha value is -1.70. The maximum absolute atomic E-state index is 12.1. The fourth-order valence-electron chi connectivity index (χ4n) is 1.99. The van der Waals surface area contributed by atoms with Crippen molar-refractivity contribution in [2.24, 2.45) is 5.10 Å². The third kappa shape index (κ3) is 3.63. The number of hydrazone groups is 1. The Morgan fingerprint density at radius 1 is 1.22 bits per heavy atom. The Bertz CT molecular complexity index is 889. The van der Waals surface area contributed by atoms with Crippen molar-refractivity contribution >= 4 is 65.4 Å². The van der Waals surface area contributed by atoms with Crippen LogP contribution in [0.2, 0.25) is 0 Å². The van der Waals surface area contributed by atoms with Crippen molar-refractivity contribution in [1.29, 1.82) is 0 Å². The van der Waals surface area contributed by atoms with Crippen molar-refractivity contribution in [1.82, 2.24) is 5.43 Å². The second-order valence-corrected chi connectivity index (χ2v) is 7.53. The molecule has 1 amide bonds. The van der Waals surface area contributed by atoms with Gasteiger partial charge in [-0.25, -0.2) is 5.43 Å². The van der Waals surface area contributed by atoms with Gasteiger partial charge in [0, 0.05) is 14.7 Å². The van der Waals surface area contributed by atoms with Crippen LogP contribution in [0, 0.1) is 0 Å². The molecule has 0 atom stereocenters. The smallest absolute Gasteiger partial charge is 0.281 e. The third-order valence-electron chi connectivity index (χ3n) is 3.08. The highest BCUT2D eigenvalue weighted by Crippen LogP contribution is 2.30. The van der Waals surface area contributed by atoms with Crippen LogP contribution in [-0.2, 0) is 0 Å². The molecule has 3 rings (SSSR count). The number of amides is 1. The zero-order chi connectivity index (χ0) is 16.4. The summed E-state index contributed by atoms with van der Waals surface area (Å²) >= 11 is 7.99. The molecule has 0 aliphatic rings. The van der Waals surface area contributed by atoms with Crippen molar-refractivity contribution in [3.8, 4) is 5.75 Å². The monoisotopic (exact) mass is 452 g/mol. The van der Waals surface area contributed by atoms with Gasteiger partial charge < -0.3 is 5.11 Å². The van der Waals surface area contributed by atoms with E-state index in [0.29, 0.717) is 14.9 Å². The van der Waals surface area contributed by atoms with Gasteiger partial charge in [-0.15, -0.1) is 11.3 Å². The minimum absolute atomic E-state index is 0.0630. The first kappa shape index (κ1) is 16.2. The number of carbonyl (C=O) groups is 1.